The summed E-state index contributed by atoms with van der Waals surface area (Å²) in [5, 5.41) is 0. The zero-order valence-corrected chi connectivity index (χ0v) is 11.3. The normalized spacial score (nSPS) is 28.8. The molecule has 1 aliphatic carbocycles. The first-order valence-corrected chi connectivity index (χ1v) is 6.22. The Bertz CT molecular complexity index is 539. The van der Waals surface area contributed by atoms with Crippen LogP contribution in [0.2, 0.25) is 0 Å². The lowest BCUT2D eigenvalue weighted by molar-refractivity contribution is -0.131. The summed E-state index contributed by atoms with van der Waals surface area (Å²) in [6.07, 6.45) is 0. The summed E-state index contributed by atoms with van der Waals surface area (Å²) in [5.74, 6) is -0.159. The molecule has 0 heterocycles. The maximum atomic E-state index is 12.6. The molecule has 0 aromatic heterocycles. The maximum Gasteiger partial charge on any atom is 0.169 e. The molecular formula is C16H18O2. The van der Waals surface area contributed by atoms with Gasteiger partial charge in [0.15, 0.2) is 11.6 Å². The van der Waals surface area contributed by atoms with Gasteiger partial charge in [0.05, 0.1) is 5.41 Å². The van der Waals surface area contributed by atoms with Crippen LogP contribution in [0.25, 0.3) is 0 Å². The van der Waals surface area contributed by atoms with Gasteiger partial charge in [-0.05, 0) is 37.5 Å². The predicted molar refractivity (Wildman–Crippen MR) is 71.3 cm³/mol. The van der Waals surface area contributed by atoms with Crippen LogP contribution in [0.4, 0.5) is 0 Å². The molecule has 94 valence electrons. The van der Waals surface area contributed by atoms with Crippen LogP contribution in [0, 0.1) is 5.92 Å². The molecule has 2 heteroatoms. The SMILES string of the molecule is CC1=C(C)C(=O)C(C)(c2ccccc2)C(C)C1=O. The summed E-state index contributed by atoms with van der Waals surface area (Å²) in [6, 6.07) is 9.59. The van der Waals surface area contributed by atoms with E-state index in [-0.39, 0.29) is 17.5 Å². The number of carbonyl (C=O) groups excluding carboxylic acids is 2. The average Bonchev–Trinajstić information content (AvgIpc) is 2.42. The molecular weight excluding hydrogens is 224 g/mol. The average molecular weight is 242 g/mol. The summed E-state index contributed by atoms with van der Waals surface area (Å²) < 4.78 is 0. The Kier molecular flexibility index (Phi) is 2.97. The molecule has 2 atom stereocenters. The van der Waals surface area contributed by atoms with E-state index in [4.69, 9.17) is 0 Å². The summed E-state index contributed by atoms with van der Waals surface area (Å²) in [4.78, 5) is 24.9. The van der Waals surface area contributed by atoms with Gasteiger partial charge in [-0.3, -0.25) is 9.59 Å². The molecule has 0 saturated heterocycles. The molecule has 2 nitrogen and oxygen atoms in total. The van der Waals surface area contributed by atoms with Crippen LogP contribution in [0.5, 0.6) is 0 Å². The lowest BCUT2D eigenvalue weighted by Crippen LogP contribution is -2.47. The van der Waals surface area contributed by atoms with Crippen molar-refractivity contribution in [3.63, 3.8) is 0 Å². The largest absolute Gasteiger partial charge is 0.294 e. The Balaban J connectivity index is 2.65. The molecule has 0 bridgehead atoms. The highest BCUT2D eigenvalue weighted by molar-refractivity contribution is 6.17. The Morgan fingerprint density at radius 2 is 1.56 bits per heavy atom. The molecule has 2 unspecified atom stereocenters. The van der Waals surface area contributed by atoms with Crippen LogP contribution in [0.15, 0.2) is 41.5 Å². The van der Waals surface area contributed by atoms with Crippen LogP contribution in [-0.2, 0) is 15.0 Å². The fourth-order valence-corrected chi connectivity index (χ4v) is 2.69. The van der Waals surface area contributed by atoms with Gasteiger partial charge in [0.2, 0.25) is 0 Å². The zero-order valence-electron chi connectivity index (χ0n) is 11.3. The fraction of sp³-hybridized carbons (Fsp3) is 0.375. The molecule has 1 aliphatic rings. The first-order valence-electron chi connectivity index (χ1n) is 6.22. The third-order valence-corrected chi connectivity index (χ3v) is 4.38. The van der Waals surface area contributed by atoms with Crippen LogP contribution in [0.3, 0.4) is 0 Å². The van der Waals surface area contributed by atoms with E-state index in [9.17, 15) is 9.59 Å². The quantitative estimate of drug-likeness (QED) is 0.758. The number of hydrogen-bond acceptors (Lipinski definition) is 2. The Morgan fingerprint density at radius 3 is 2.11 bits per heavy atom. The third kappa shape index (κ3) is 1.56. The minimum absolute atomic E-state index is 0.0679. The van der Waals surface area contributed by atoms with Crippen molar-refractivity contribution < 1.29 is 9.59 Å². The molecule has 0 fully saturated rings. The van der Waals surface area contributed by atoms with Crippen LogP contribution in [-0.4, -0.2) is 11.6 Å². The Labute approximate surface area is 108 Å². The first-order chi connectivity index (χ1) is 8.40. The van der Waals surface area contributed by atoms with Gasteiger partial charge in [0.25, 0.3) is 0 Å². The zero-order chi connectivity index (χ0) is 13.5. The van der Waals surface area contributed by atoms with E-state index in [0.717, 1.165) is 5.56 Å². The topological polar surface area (TPSA) is 34.1 Å². The smallest absolute Gasteiger partial charge is 0.169 e. The lowest BCUT2D eigenvalue weighted by Gasteiger charge is -2.38. The monoisotopic (exact) mass is 242 g/mol. The number of allylic oxidation sites excluding steroid dienone is 2. The van der Waals surface area contributed by atoms with Gasteiger partial charge < -0.3 is 0 Å². The molecule has 2 rings (SSSR count). The van der Waals surface area contributed by atoms with E-state index in [1.807, 2.05) is 44.2 Å². The molecule has 0 amide bonds. The molecule has 0 saturated carbocycles. The second-order valence-corrected chi connectivity index (χ2v) is 5.23. The third-order valence-electron chi connectivity index (χ3n) is 4.38. The Morgan fingerprint density at radius 1 is 1.00 bits per heavy atom. The number of ketones is 2. The Hall–Kier alpha value is -1.70. The van der Waals surface area contributed by atoms with Gasteiger partial charge in [-0.2, -0.15) is 0 Å². The van der Waals surface area contributed by atoms with E-state index in [2.05, 4.69) is 0 Å². The van der Waals surface area contributed by atoms with Crippen molar-refractivity contribution in [3.8, 4) is 0 Å². The molecule has 1 aromatic carbocycles. The fourth-order valence-electron chi connectivity index (χ4n) is 2.69. The highest BCUT2D eigenvalue weighted by atomic mass is 16.1. The van der Waals surface area contributed by atoms with E-state index < -0.39 is 5.41 Å². The van der Waals surface area contributed by atoms with Gasteiger partial charge in [-0.1, -0.05) is 37.3 Å². The first kappa shape index (κ1) is 12.7. The number of benzene rings is 1. The summed E-state index contributed by atoms with van der Waals surface area (Å²) in [5.41, 5.74) is 1.40. The molecule has 0 aliphatic heterocycles. The minimum Gasteiger partial charge on any atom is -0.294 e. The van der Waals surface area contributed by atoms with Crippen molar-refractivity contribution >= 4 is 11.6 Å². The van der Waals surface area contributed by atoms with Gasteiger partial charge >= 0.3 is 0 Å². The standard InChI is InChI=1S/C16H18O2/c1-10-11(2)15(18)16(4,12(3)14(10)17)13-8-6-5-7-9-13/h5-9,12H,1-4H3. The summed E-state index contributed by atoms with van der Waals surface area (Å²) in [6.45, 7) is 7.23. The molecule has 0 radical (unpaired) electrons. The molecule has 0 N–H and O–H groups in total. The maximum absolute atomic E-state index is 12.6. The molecule has 1 aromatic rings. The van der Waals surface area contributed by atoms with Crippen molar-refractivity contribution in [2.45, 2.75) is 33.1 Å². The van der Waals surface area contributed by atoms with Crippen LogP contribution < -0.4 is 0 Å². The van der Waals surface area contributed by atoms with E-state index >= 15 is 0 Å². The van der Waals surface area contributed by atoms with E-state index in [0.29, 0.717) is 11.1 Å². The van der Waals surface area contributed by atoms with Gasteiger partial charge in [-0.25, -0.2) is 0 Å². The van der Waals surface area contributed by atoms with Crippen molar-refractivity contribution in [3.05, 3.63) is 47.0 Å². The van der Waals surface area contributed by atoms with Gasteiger partial charge in [0.1, 0.15) is 0 Å². The van der Waals surface area contributed by atoms with Crippen LogP contribution in [0.1, 0.15) is 33.3 Å². The van der Waals surface area contributed by atoms with Crippen LogP contribution >= 0.6 is 0 Å². The summed E-state index contributed by atoms with van der Waals surface area (Å²) in [7, 11) is 0. The predicted octanol–water partition coefficient (Wildman–Crippen LogP) is 3.07. The second kappa shape index (κ2) is 4.20. The number of Topliss-reactive ketones (excluding diaryl/α,β-unsaturated/α-hetero) is 2. The van der Waals surface area contributed by atoms with Crippen molar-refractivity contribution in [1.82, 2.24) is 0 Å². The lowest BCUT2D eigenvalue weighted by atomic mass is 9.62. The van der Waals surface area contributed by atoms with Crippen molar-refractivity contribution in [1.29, 1.82) is 0 Å². The van der Waals surface area contributed by atoms with E-state index in [1.165, 1.54) is 0 Å². The highest BCUT2D eigenvalue weighted by Crippen LogP contribution is 2.41. The minimum atomic E-state index is -0.734. The molecule has 18 heavy (non-hydrogen) atoms. The van der Waals surface area contributed by atoms with Gasteiger partial charge in [-0.15, -0.1) is 0 Å². The highest BCUT2D eigenvalue weighted by Gasteiger charge is 2.48. The number of carbonyl (C=O) groups is 2. The number of rotatable bonds is 1. The molecule has 0 spiro atoms. The van der Waals surface area contributed by atoms with Crippen molar-refractivity contribution in [2.75, 3.05) is 0 Å². The van der Waals surface area contributed by atoms with Gasteiger partial charge in [0, 0.05) is 5.92 Å². The second-order valence-electron chi connectivity index (χ2n) is 5.23. The number of hydrogen-bond donors (Lipinski definition) is 0. The van der Waals surface area contributed by atoms with Crippen molar-refractivity contribution in [2.24, 2.45) is 5.92 Å². The van der Waals surface area contributed by atoms with E-state index in [1.54, 1.807) is 13.8 Å². The summed E-state index contributed by atoms with van der Waals surface area (Å²) >= 11 is 0.